The maximum atomic E-state index is 15.1. The largest absolute Gasteiger partial charge is 0.477 e. The van der Waals surface area contributed by atoms with Gasteiger partial charge in [-0.15, -0.1) is 12.4 Å². The lowest BCUT2D eigenvalue weighted by Crippen LogP contribution is -2.44. The van der Waals surface area contributed by atoms with Crippen LogP contribution in [0.2, 0.25) is 0 Å². The Bertz CT molecular complexity index is 897. The third kappa shape index (κ3) is 3.37. The summed E-state index contributed by atoms with van der Waals surface area (Å²) >= 11 is 0. The highest BCUT2D eigenvalue weighted by molar-refractivity contribution is 5.93. The molecule has 0 unspecified atom stereocenters. The first kappa shape index (κ1) is 20.1. The minimum atomic E-state index is -1.49. The predicted octanol–water partition coefficient (Wildman–Crippen LogP) is 0.802. The van der Waals surface area contributed by atoms with Crippen molar-refractivity contribution < 1.29 is 23.8 Å². The van der Waals surface area contributed by atoms with Crippen LogP contribution in [-0.4, -0.2) is 53.5 Å². The Hall–Kier alpha value is -2.23. The van der Waals surface area contributed by atoms with E-state index in [1.54, 1.807) is 4.90 Å². The predicted molar refractivity (Wildman–Crippen MR) is 94.5 cm³/mol. The average Bonchev–Trinajstić information content (AvgIpc) is 2.58. The van der Waals surface area contributed by atoms with E-state index in [0.717, 1.165) is 16.8 Å². The molecule has 10 heteroatoms. The lowest BCUT2D eigenvalue weighted by Gasteiger charge is -2.30. The fourth-order valence-corrected chi connectivity index (χ4v) is 3.09. The van der Waals surface area contributed by atoms with E-state index in [4.69, 9.17) is 5.11 Å². The maximum Gasteiger partial charge on any atom is 0.341 e. The molecule has 1 aromatic heterocycles. The van der Waals surface area contributed by atoms with Gasteiger partial charge in [-0.1, -0.05) is 0 Å². The number of piperazine rings is 1. The number of aliphatic hydroxyl groups excluding tert-OH is 1. The summed E-state index contributed by atoms with van der Waals surface area (Å²) in [7, 11) is 0. The van der Waals surface area contributed by atoms with Gasteiger partial charge in [0.2, 0.25) is 5.43 Å². The number of hydrogen-bond acceptors (Lipinski definition) is 5. The van der Waals surface area contributed by atoms with Crippen LogP contribution in [0.1, 0.15) is 10.4 Å². The monoisotopic (exact) mass is 389 g/mol. The summed E-state index contributed by atoms with van der Waals surface area (Å²) in [6.07, 6.45) is 0.978. The molecular formula is C16H18ClF2N3O4. The SMILES string of the molecule is Cl.O=C(O)c1cn(CCO)c2c(F)c(N3CCNCC3)c(F)cc2c1=O. The van der Waals surface area contributed by atoms with E-state index < -0.39 is 35.2 Å². The Morgan fingerprint density at radius 1 is 1.27 bits per heavy atom. The number of nitrogens with one attached hydrogen (secondary N) is 1. The van der Waals surface area contributed by atoms with E-state index in [1.807, 2.05) is 0 Å². The van der Waals surface area contributed by atoms with Crippen LogP contribution >= 0.6 is 12.4 Å². The molecule has 1 aliphatic rings. The number of halogens is 3. The third-order valence-corrected chi connectivity index (χ3v) is 4.23. The molecule has 0 spiro atoms. The maximum absolute atomic E-state index is 15.1. The number of nitrogens with zero attached hydrogens (tertiary/aromatic N) is 2. The van der Waals surface area contributed by atoms with Crippen LogP contribution in [0, 0.1) is 11.6 Å². The van der Waals surface area contributed by atoms with E-state index >= 15 is 4.39 Å². The van der Waals surface area contributed by atoms with Crippen molar-refractivity contribution in [2.24, 2.45) is 0 Å². The summed E-state index contributed by atoms with van der Waals surface area (Å²) in [4.78, 5) is 25.1. The number of aliphatic hydroxyl groups is 1. The van der Waals surface area contributed by atoms with Gasteiger partial charge in [-0.2, -0.15) is 0 Å². The van der Waals surface area contributed by atoms with Gasteiger partial charge >= 0.3 is 5.97 Å². The topological polar surface area (TPSA) is 94.8 Å². The normalized spacial score (nSPS) is 14.3. The summed E-state index contributed by atoms with van der Waals surface area (Å²) in [6, 6.07) is 0.873. The lowest BCUT2D eigenvalue weighted by atomic mass is 10.1. The zero-order valence-electron chi connectivity index (χ0n) is 13.7. The second-order valence-corrected chi connectivity index (χ2v) is 5.75. The van der Waals surface area contributed by atoms with Crippen molar-refractivity contribution in [1.29, 1.82) is 0 Å². The molecule has 26 heavy (non-hydrogen) atoms. The number of benzene rings is 1. The molecule has 1 saturated heterocycles. The number of fused-ring (bicyclic) bond motifs is 1. The van der Waals surface area contributed by atoms with Crippen LogP contribution in [0.4, 0.5) is 14.5 Å². The number of hydrogen-bond donors (Lipinski definition) is 3. The van der Waals surface area contributed by atoms with Gasteiger partial charge in [-0.3, -0.25) is 4.79 Å². The van der Waals surface area contributed by atoms with Crippen molar-refractivity contribution >= 4 is 35.0 Å². The Morgan fingerprint density at radius 3 is 2.50 bits per heavy atom. The Morgan fingerprint density at radius 2 is 1.92 bits per heavy atom. The minimum Gasteiger partial charge on any atom is -0.477 e. The number of carboxylic acid groups (broad SMARTS) is 1. The number of carbonyl (C=O) groups is 1. The summed E-state index contributed by atoms with van der Waals surface area (Å²) in [6.45, 7) is 1.42. The molecule has 0 amide bonds. The van der Waals surface area contributed by atoms with Crippen molar-refractivity contribution in [2.75, 3.05) is 37.7 Å². The summed E-state index contributed by atoms with van der Waals surface area (Å²) in [5.74, 6) is -3.34. The van der Waals surface area contributed by atoms with Gasteiger partial charge < -0.3 is 25.0 Å². The average molecular weight is 390 g/mol. The quantitative estimate of drug-likeness (QED) is 0.716. The zero-order valence-corrected chi connectivity index (χ0v) is 14.5. The summed E-state index contributed by atoms with van der Waals surface area (Å²) in [5.41, 5.74) is -2.02. The molecule has 1 fully saturated rings. The van der Waals surface area contributed by atoms with Gasteiger partial charge in [0.1, 0.15) is 17.1 Å². The summed E-state index contributed by atoms with van der Waals surface area (Å²) in [5, 5.41) is 21.0. The first-order chi connectivity index (χ1) is 12.0. The second kappa shape index (κ2) is 7.98. The first-order valence-electron chi connectivity index (χ1n) is 7.80. The van der Waals surface area contributed by atoms with Crippen LogP contribution in [0.3, 0.4) is 0 Å². The third-order valence-electron chi connectivity index (χ3n) is 4.23. The molecule has 2 aromatic rings. The van der Waals surface area contributed by atoms with Gasteiger partial charge in [-0.25, -0.2) is 13.6 Å². The number of carboxylic acids is 1. The molecule has 0 radical (unpaired) electrons. The van der Waals surface area contributed by atoms with Crippen molar-refractivity contribution in [2.45, 2.75) is 6.54 Å². The van der Waals surface area contributed by atoms with E-state index in [1.165, 1.54) is 0 Å². The number of rotatable bonds is 4. The van der Waals surface area contributed by atoms with Crippen LogP contribution in [0.25, 0.3) is 10.9 Å². The summed E-state index contributed by atoms with van der Waals surface area (Å²) < 4.78 is 30.8. The van der Waals surface area contributed by atoms with Gasteiger partial charge in [-0.05, 0) is 6.07 Å². The highest BCUT2D eigenvalue weighted by atomic mass is 35.5. The van der Waals surface area contributed by atoms with Crippen molar-refractivity contribution in [1.82, 2.24) is 9.88 Å². The number of pyridine rings is 1. The molecule has 142 valence electrons. The van der Waals surface area contributed by atoms with E-state index in [2.05, 4.69) is 5.32 Å². The second-order valence-electron chi connectivity index (χ2n) is 5.75. The van der Waals surface area contributed by atoms with Crippen LogP contribution in [0.15, 0.2) is 17.1 Å². The van der Waals surface area contributed by atoms with E-state index in [-0.39, 0.29) is 35.5 Å². The van der Waals surface area contributed by atoms with Gasteiger partial charge in [0.25, 0.3) is 0 Å². The van der Waals surface area contributed by atoms with Crippen LogP contribution in [-0.2, 0) is 6.54 Å². The lowest BCUT2D eigenvalue weighted by molar-refractivity contribution is 0.0694. The van der Waals surface area contributed by atoms with Crippen molar-refractivity contribution in [3.63, 3.8) is 0 Å². The molecule has 0 saturated carbocycles. The number of anilines is 1. The molecule has 0 aliphatic carbocycles. The molecule has 0 bridgehead atoms. The Kier molecular flexibility index (Phi) is 6.17. The van der Waals surface area contributed by atoms with E-state index in [9.17, 15) is 19.1 Å². The smallest absolute Gasteiger partial charge is 0.341 e. The first-order valence-corrected chi connectivity index (χ1v) is 7.80. The molecule has 7 nitrogen and oxygen atoms in total. The number of aromatic carboxylic acids is 1. The van der Waals surface area contributed by atoms with Gasteiger partial charge in [0.05, 0.1) is 17.5 Å². The molecule has 0 atom stereocenters. The van der Waals surface area contributed by atoms with Crippen LogP contribution in [0.5, 0.6) is 0 Å². The van der Waals surface area contributed by atoms with Gasteiger partial charge in [0, 0.05) is 38.9 Å². The Balaban J connectivity index is 0.00000243. The molecule has 1 aromatic carbocycles. The van der Waals surface area contributed by atoms with Crippen molar-refractivity contribution in [3.8, 4) is 0 Å². The minimum absolute atomic E-state index is 0. The molecule has 1 aliphatic heterocycles. The van der Waals surface area contributed by atoms with Crippen LogP contribution < -0.4 is 15.6 Å². The molecule has 3 rings (SSSR count). The fourth-order valence-electron chi connectivity index (χ4n) is 3.09. The fraction of sp³-hybridized carbons (Fsp3) is 0.375. The molecule has 3 N–H and O–H groups in total. The number of aromatic nitrogens is 1. The van der Waals surface area contributed by atoms with Gasteiger partial charge in [0.15, 0.2) is 5.82 Å². The highest BCUT2D eigenvalue weighted by Gasteiger charge is 2.25. The zero-order chi connectivity index (χ0) is 18.1. The molecular weight excluding hydrogens is 372 g/mol. The van der Waals surface area contributed by atoms with Crippen molar-refractivity contribution in [3.05, 3.63) is 39.7 Å². The standard InChI is InChI=1S/C16H17F2N3O4.ClH/c17-11-7-9-13(12(18)14(11)20-3-1-19-2-4-20)21(5-6-22)8-10(15(9)23)16(24)25;/h7-8,19,22H,1-6H2,(H,24,25);1H. The van der Waals surface area contributed by atoms with E-state index in [0.29, 0.717) is 26.2 Å². The Labute approximate surface area is 153 Å². The highest BCUT2D eigenvalue weighted by Crippen LogP contribution is 2.30. The molecule has 2 heterocycles.